The van der Waals surface area contributed by atoms with Crippen LogP contribution in [0, 0.1) is 0 Å². The molecule has 0 saturated carbocycles. The molecule has 6 nitrogen and oxygen atoms in total. The Bertz CT molecular complexity index is 1240. The van der Waals surface area contributed by atoms with Gasteiger partial charge in [-0.2, -0.15) is 0 Å². The first-order valence-electron chi connectivity index (χ1n) is 9.61. The van der Waals surface area contributed by atoms with Crippen molar-refractivity contribution in [2.24, 2.45) is 7.05 Å². The summed E-state index contributed by atoms with van der Waals surface area (Å²) in [5.74, 6) is 2.44. The highest BCUT2D eigenvalue weighted by Crippen LogP contribution is 2.35. The summed E-state index contributed by atoms with van der Waals surface area (Å²) in [7, 11) is 1.88. The average Bonchev–Trinajstić information content (AvgIpc) is 3.17. The zero-order valence-electron chi connectivity index (χ0n) is 16.3. The van der Waals surface area contributed by atoms with Gasteiger partial charge < -0.3 is 14.0 Å². The largest absolute Gasteiger partial charge is 0.485 e. The van der Waals surface area contributed by atoms with Crippen LogP contribution in [0.5, 0.6) is 11.5 Å². The van der Waals surface area contributed by atoms with Gasteiger partial charge in [0.25, 0.3) is 0 Å². The number of fused-ring (bicyclic) bond motifs is 2. The molecule has 2 heterocycles. The first-order valence-corrected chi connectivity index (χ1v) is 10.6. The van der Waals surface area contributed by atoms with E-state index in [1.807, 2.05) is 78.3 Å². The summed E-state index contributed by atoms with van der Waals surface area (Å²) in [5.41, 5.74) is 0.698. The molecule has 0 aliphatic carbocycles. The highest BCUT2D eigenvalue weighted by Gasteiger charge is 2.27. The molecule has 0 spiro atoms. The predicted octanol–water partition coefficient (Wildman–Crippen LogP) is 4.46. The predicted molar refractivity (Wildman–Crippen MR) is 115 cm³/mol. The second-order valence-electron chi connectivity index (χ2n) is 7.04. The Morgan fingerprint density at radius 3 is 2.67 bits per heavy atom. The zero-order chi connectivity index (χ0) is 20.5. The Morgan fingerprint density at radius 1 is 1.03 bits per heavy atom. The Hall–Kier alpha value is -3.32. The van der Waals surface area contributed by atoms with Crippen LogP contribution in [0.2, 0.25) is 0 Å². The van der Waals surface area contributed by atoms with E-state index in [1.165, 1.54) is 11.8 Å². The summed E-state index contributed by atoms with van der Waals surface area (Å²) in [6, 6.07) is 21.4. The van der Waals surface area contributed by atoms with Gasteiger partial charge in [0.15, 0.2) is 34.4 Å². The topological polar surface area (TPSA) is 66.2 Å². The lowest BCUT2D eigenvalue weighted by Crippen LogP contribution is -2.24. The van der Waals surface area contributed by atoms with Gasteiger partial charge in [0.05, 0.1) is 5.75 Å². The summed E-state index contributed by atoms with van der Waals surface area (Å²) in [6.45, 7) is 0.365. The second-order valence-corrected chi connectivity index (χ2v) is 7.98. The number of nitrogens with zero attached hydrogens (tertiary/aromatic N) is 3. The fourth-order valence-electron chi connectivity index (χ4n) is 3.46. The summed E-state index contributed by atoms with van der Waals surface area (Å²) in [5, 5.41) is 11.4. The Kier molecular flexibility index (Phi) is 4.88. The van der Waals surface area contributed by atoms with Crippen molar-refractivity contribution >= 4 is 28.3 Å². The van der Waals surface area contributed by atoms with Crippen molar-refractivity contribution in [3.8, 4) is 11.5 Å². The molecule has 7 heteroatoms. The van der Waals surface area contributed by atoms with E-state index in [0.29, 0.717) is 28.9 Å². The number of rotatable bonds is 5. The quantitative estimate of drug-likeness (QED) is 0.353. The molecule has 5 rings (SSSR count). The third-order valence-corrected chi connectivity index (χ3v) is 6.09. The van der Waals surface area contributed by atoms with Crippen molar-refractivity contribution in [1.82, 2.24) is 14.8 Å². The minimum atomic E-state index is -0.345. The Balaban J connectivity index is 1.28. The van der Waals surface area contributed by atoms with E-state index in [9.17, 15) is 4.79 Å². The highest BCUT2D eigenvalue weighted by molar-refractivity contribution is 7.99. The maximum atomic E-state index is 12.7. The lowest BCUT2D eigenvalue weighted by molar-refractivity contribution is 0.0825. The SMILES string of the molecule is Cn1c(SCC(=O)c2ccc3ccccc3c2)nnc1C1COc2ccccc2O1. The summed E-state index contributed by atoms with van der Waals surface area (Å²) < 4.78 is 13.7. The smallest absolute Gasteiger partial charge is 0.192 e. The molecule has 0 amide bonds. The van der Waals surface area contributed by atoms with Gasteiger partial charge in [-0.05, 0) is 29.0 Å². The number of hydrogen-bond acceptors (Lipinski definition) is 6. The molecular weight excluding hydrogens is 398 g/mol. The molecule has 1 atom stereocenters. The Labute approximate surface area is 177 Å². The van der Waals surface area contributed by atoms with Gasteiger partial charge in [0, 0.05) is 12.6 Å². The standard InChI is InChI=1S/C23H19N3O3S/c1-26-22(21-13-28-19-8-4-5-9-20(19)29-21)24-25-23(26)30-14-18(27)17-11-10-15-6-2-3-7-16(15)12-17/h2-12,21H,13-14H2,1H3. The summed E-state index contributed by atoms with van der Waals surface area (Å²) in [4.78, 5) is 12.7. The van der Waals surface area contributed by atoms with E-state index in [4.69, 9.17) is 9.47 Å². The fraction of sp³-hybridized carbons (Fsp3) is 0.174. The number of carbonyl (C=O) groups is 1. The lowest BCUT2D eigenvalue weighted by Gasteiger charge is -2.25. The molecule has 1 aliphatic rings. The maximum absolute atomic E-state index is 12.7. The molecule has 1 unspecified atom stereocenters. The van der Waals surface area contributed by atoms with Crippen molar-refractivity contribution in [3.63, 3.8) is 0 Å². The third kappa shape index (κ3) is 3.52. The minimum Gasteiger partial charge on any atom is -0.485 e. The number of ether oxygens (including phenoxy) is 2. The number of para-hydroxylation sites is 2. The monoisotopic (exact) mass is 417 g/mol. The first-order chi connectivity index (χ1) is 14.7. The summed E-state index contributed by atoms with van der Waals surface area (Å²) >= 11 is 1.37. The van der Waals surface area contributed by atoms with Gasteiger partial charge in [-0.15, -0.1) is 10.2 Å². The third-order valence-electron chi connectivity index (χ3n) is 5.07. The minimum absolute atomic E-state index is 0.0569. The molecule has 0 saturated heterocycles. The van der Waals surface area contributed by atoms with Crippen LogP contribution in [-0.2, 0) is 7.05 Å². The van der Waals surface area contributed by atoms with E-state index < -0.39 is 0 Å². The first kappa shape index (κ1) is 18.7. The molecule has 4 aromatic rings. The van der Waals surface area contributed by atoms with Crippen LogP contribution < -0.4 is 9.47 Å². The molecule has 0 fully saturated rings. The van der Waals surface area contributed by atoms with Crippen LogP contribution in [0.25, 0.3) is 10.8 Å². The number of carbonyl (C=O) groups excluding carboxylic acids is 1. The van der Waals surface area contributed by atoms with E-state index in [0.717, 1.165) is 16.5 Å². The van der Waals surface area contributed by atoms with Crippen LogP contribution in [0.15, 0.2) is 71.9 Å². The number of ketones is 1. The highest BCUT2D eigenvalue weighted by atomic mass is 32.2. The fourth-order valence-corrected chi connectivity index (χ4v) is 4.27. The molecule has 30 heavy (non-hydrogen) atoms. The van der Waals surface area contributed by atoms with Crippen molar-refractivity contribution in [2.45, 2.75) is 11.3 Å². The maximum Gasteiger partial charge on any atom is 0.192 e. The molecule has 0 N–H and O–H groups in total. The van der Waals surface area contributed by atoms with E-state index in [2.05, 4.69) is 10.2 Å². The number of aromatic nitrogens is 3. The molecule has 150 valence electrons. The van der Waals surface area contributed by atoms with Crippen LogP contribution >= 0.6 is 11.8 Å². The molecule has 3 aromatic carbocycles. The van der Waals surface area contributed by atoms with Gasteiger partial charge in [-0.1, -0.05) is 60.3 Å². The van der Waals surface area contributed by atoms with E-state index in [-0.39, 0.29) is 17.6 Å². The second kappa shape index (κ2) is 7.84. The lowest BCUT2D eigenvalue weighted by atomic mass is 10.1. The van der Waals surface area contributed by atoms with E-state index >= 15 is 0 Å². The molecule has 0 bridgehead atoms. The van der Waals surface area contributed by atoms with Gasteiger partial charge in [-0.3, -0.25) is 4.79 Å². The van der Waals surface area contributed by atoms with Gasteiger partial charge in [0.1, 0.15) is 6.61 Å². The molecule has 1 aromatic heterocycles. The Morgan fingerprint density at radius 2 is 1.80 bits per heavy atom. The zero-order valence-corrected chi connectivity index (χ0v) is 17.1. The number of thioether (sulfide) groups is 1. The molecule has 0 radical (unpaired) electrons. The number of benzene rings is 3. The van der Waals surface area contributed by atoms with Crippen molar-refractivity contribution in [2.75, 3.05) is 12.4 Å². The number of hydrogen-bond donors (Lipinski definition) is 0. The number of Topliss-reactive ketones (excluding diaryl/α,β-unsaturated/α-hetero) is 1. The summed E-state index contributed by atoms with van der Waals surface area (Å²) in [6.07, 6.45) is -0.345. The van der Waals surface area contributed by atoms with Gasteiger partial charge >= 0.3 is 0 Å². The van der Waals surface area contributed by atoms with Crippen molar-refractivity contribution in [1.29, 1.82) is 0 Å². The van der Waals surface area contributed by atoms with Gasteiger partial charge in [0.2, 0.25) is 0 Å². The van der Waals surface area contributed by atoms with Gasteiger partial charge in [-0.25, -0.2) is 0 Å². The van der Waals surface area contributed by atoms with Crippen molar-refractivity contribution in [3.05, 3.63) is 78.1 Å². The molecule has 1 aliphatic heterocycles. The van der Waals surface area contributed by atoms with Crippen LogP contribution in [-0.4, -0.2) is 32.9 Å². The van der Waals surface area contributed by atoms with Crippen molar-refractivity contribution < 1.29 is 14.3 Å². The normalized spacial score (nSPS) is 15.3. The van der Waals surface area contributed by atoms with Crippen LogP contribution in [0.4, 0.5) is 0 Å². The average molecular weight is 417 g/mol. The molecular formula is C23H19N3O3S. The van der Waals surface area contributed by atoms with Crippen LogP contribution in [0.1, 0.15) is 22.3 Å². The van der Waals surface area contributed by atoms with Crippen LogP contribution in [0.3, 0.4) is 0 Å². The van der Waals surface area contributed by atoms with E-state index in [1.54, 1.807) is 0 Å².